The Kier molecular flexibility index (Phi) is 11.1. The van der Waals surface area contributed by atoms with Crippen molar-refractivity contribution < 1.29 is 22.7 Å². The van der Waals surface area contributed by atoms with E-state index in [2.05, 4.69) is 5.32 Å². The lowest BCUT2D eigenvalue weighted by Crippen LogP contribution is -2.54. The smallest absolute Gasteiger partial charge is 0.264 e. The van der Waals surface area contributed by atoms with E-state index in [1.54, 1.807) is 24.3 Å². The van der Waals surface area contributed by atoms with Crippen molar-refractivity contribution in [2.45, 2.75) is 69.4 Å². The second-order valence-electron chi connectivity index (χ2n) is 10.9. The Hall–Kier alpha value is -3.56. The first-order valence-corrected chi connectivity index (χ1v) is 16.5. The highest BCUT2D eigenvalue weighted by molar-refractivity contribution is 7.92. The molecule has 3 aromatic rings. The van der Waals surface area contributed by atoms with Crippen LogP contribution in [-0.4, -0.2) is 57.4 Å². The molecule has 1 N–H and O–H groups in total. The first-order chi connectivity index (χ1) is 20.6. The molecule has 0 aliphatic heterocycles. The number of hydrogen-bond acceptors (Lipinski definition) is 5. The summed E-state index contributed by atoms with van der Waals surface area (Å²) in [7, 11) is -2.72. The fraction of sp³-hybridized carbons (Fsp3) is 0.394. The zero-order chi connectivity index (χ0) is 31.0. The quantitative estimate of drug-likeness (QED) is 0.261. The molecule has 0 radical (unpaired) electrons. The summed E-state index contributed by atoms with van der Waals surface area (Å²) in [4.78, 5) is 29.3. The van der Waals surface area contributed by atoms with Gasteiger partial charge in [-0.1, -0.05) is 79.4 Å². The monoisotopic (exact) mass is 625 g/mol. The number of amides is 2. The molecule has 0 spiro atoms. The zero-order valence-electron chi connectivity index (χ0n) is 25.0. The maximum Gasteiger partial charge on any atom is 0.264 e. The molecule has 3 aromatic carbocycles. The fourth-order valence-corrected chi connectivity index (χ4v) is 7.10. The van der Waals surface area contributed by atoms with Crippen molar-refractivity contribution >= 4 is 39.1 Å². The van der Waals surface area contributed by atoms with E-state index in [-0.39, 0.29) is 34.1 Å². The summed E-state index contributed by atoms with van der Waals surface area (Å²) in [5.41, 5.74) is 2.13. The molecule has 0 bridgehead atoms. The number of nitrogens with zero attached hydrogens (tertiary/aromatic N) is 2. The topological polar surface area (TPSA) is 96.0 Å². The Labute approximate surface area is 260 Å². The number of methoxy groups -OCH3 is 1. The molecule has 0 unspecified atom stereocenters. The zero-order valence-corrected chi connectivity index (χ0v) is 26.5. The van der Waals surface area contributed by atoms with Crippen LogP contribution in [0.4, 0.5) is 5.69 Å². The van der Waals surface area contributed by atoms with Crippen LogP contribution in [0.15, 0.2) is 77.7 Å². The van der Waals surface area contributed by atoms with Gasteiger partial charge in [0.25, 0.3) is 10.0 Å². The Morgan fingerprint density at radius 2 is 1.70 bits per heavy atom. The second kappa shape index (κ2) is 14.8. The number of carbonyl (C=O) groups excluding carboxylic acids is 2. The molecule has 230 valence electrons. The average molecular weight is 626 g/mol. The molecule has 10 heteroatoms. The molecule has 2 amide bonds. The van der Waals surface area contributed by atoms with Crippen LogP contribution < -0.4 is 14.4 Å². The number of anilines is 1. The van der Waals surface area contributed by atoms with Gasteiger partial charge in [-0.3, -0.25) is 13.9 Å². The van der Waals surface area contributed by atoms with Gasteiger partial charge in [0.1, 0.15) is 18.3 Å². The molecule has 43 heavy (non-hydrogen) atoms. The summed E-state index contributed by atoms with van der Waals surface area (Å²) in [5, 5.41) is 3.34. The second-order valence-corrected chi connectivity index (χ2v) is 13.1. The van der Waals surface area contributed by atoms with Gasteiger partial charge in [0, 0.05) is 12.6 Å². The number of nitrogens with one attached hydrogen (secondary N) is 1. The van der Waals surface area contributed by atoms with Gasteiger partial charge in [-0.05, 0) is 68.5 Å². The molecule has 0 saturated heterocycles. The van der Waals surface area contributed by atoms with Gasteiger partial charge in [-0.15, -0.1) is 0 Å². The number of aryl methyl sites for hydroxylation is 1. The van der Waals surface area contributed by atoms with Crippen molar-refractivity contribution in [3.63, 3.8) is 0 Å². The van der Waals surface area contributed by atoms with Crippen LogP contribution in [0.25, 0.3) is 0 Å². The molecule has 1 atom stereocenters. The number of ether oxygens (including phenoxy) is 1. The Bertz CT molecular complexity index is 1490. The Morgan fingerprint density at radius 3 is 2.30 bits per heavy atom. The van der Waals surface area contributed by atoms with Crippen LogP contribution in [0.1, 0.15) is 50.2 Å². The first kappa shape index (κ1) is 32.4. The summed E-state index contributed by atoms with van der Waals surface area (Å²) in [6.45, 7) is 3.47. The fourth-order valence-electron chi connectivity index (χ4n) is 5.44. The number of rotatable bonds is 13. The van der Waals surface area contributed by atoms with Gasteiger partial charge in [-0.2, -0.15) is 0 Å². The van der Waals surface area contributed by atoms with Crippen molar-refractivity contribution in [1.82, 2.24) is 10.2 Å². The maximum atomic E-state index is 14.2. The summed E-state index contributed by atoms with van der Waals surface area (Å²) in [6, 6.07) is 20.1. The first-order valence-electron chi connectivity index (χ1n) is 14.7. The summed E-state index contributed by atoms with van der Waals surface area (Å²) < 4.78 is 34.4. The molecule has 4 rings (SSSR count). The summed E-state index contributed by atoms with van der Waals surface area (Å²) >= 11 is 6.41. The number of hydrogen-bond donors (Lipinski definition) is 1. The van der Waals surface area contributed by atoms with E-state index in [0.717, 1.165) is 41.1 Å². The average Bonchev–Trinajstić information content (AvgIpc) is 3.51. The van der Waals surface area contributed by atoms with Gasteiger partial charge < -0.3 is 15.0 Å². The lowest BCUT2D eigenvalue weighted by molar-refractivity contribution is -0.139. The standard InChI is InChI=1S/C33H40ClN3O5S/c1-4-30(33(39)35-26-12-8-9-13-26)36(21-20-25-10-6-5-7-11-25)32(38)23-37(27-16-19-31(42-3)29(34)22-27)43(40,41)28-17-14-24(2)15-18-28/h5-7,10-11,14-19,22,26,30H,4,8-9,12-13,20-21,23H2,1-3H3,(H,35,39)/t30-/m1/s1. The molecule has 1 aliphatic rings. The van der Waals surface area contributed by atoms with E-state index in [4.69, 9.17) is 16.3 Å². The van der Waals surface area contributed by atoms with Crippen molar-refractivity contribution in [2.75, 3.05) is 24.5 Å². The molecule has 1 aliphatic carbocycles. The summed E-state index contributed by atoms with van der Waals surface area (Å²) in [6.07, 6.45) is 4.86. The molecular formula is C33H40ClN3O5S. The molecule has 0 aromatic heterocycles. The molecule has 1 fully saturated rings. The van der Waals surface area contributed by atoms with E-state index < -0.39 is 28.5 Å². The van der Waals surface area contributed by atoms with Gasteiger partial charge in [0.15, 0.2) is 0 Å². The van der Waals surface area contributed by atoms with Crippen LogP contribution in [0.5, 0.6) is 5.75 Å². The third-order valence-corrected chi connectivity index (χ3v) is 9.97. The van der Waals surface area contributed by atoms with Crippen LogP contribution in [-0.2, 0) is 26.0 Å². The van der Waals surface area contributed by atoms with Crippen LogP contribution in [0.3, 0.4) is 0 Å². The highest BCUT2D eigenvalue weighted by Crippen LogP contribution is 2.32. The third kappa shape index (κ3) is 8.09. The molecule has 0 heterocycles. The summed E-state index contributed by atoms with van der Waals surface area (Å²) in [5.74, 6) is -0.313. The predicted octanol–water partition coefficient (Wildman–Crippen LogP) is 5.76. The van der Waals surface area contributed by atoms with Gasteiger partial charge >= 0.3 is 0 Å². The van der Waals surface area contributed by atoms with E-state index in [1.165, 1.54) is 30.2 Å². The van der Waals surface area contributed by atoms with E-state index in [9.17, 15) is 18.0 Å². The lowest BCUT2D eigenvalue weighted by Gasteiger charge is -2.34. The predicted molar refractivity (Wildman–Crippen MR) is 170 cm³/mol. The number of halogens is 1. The largest absolute Gasteiger partial charge is 0.495 e. The van der Waals surface area contributed by atoms with Crippen molar-refractivity contribution in [3.05, 3.63) is 88.9 Å². The van der Waals surface area contributed by atoms with E-state index >= 15 is 0 Å². The minimum absolute atomic E-state index is 0.0414. The maximum absolute atomic E-state index is 14.2. The van der Waals surface area contributed by atoms with Crippen LogP contribution in [0.2, 0.25) is 5.02 Å². The number of benzene rings is 3. The number of carbonyl (C=O) groups is 2. The highest BCUT2D eigenvalue weighted by atomic mass is 35.5. The van der Waals surface area contributed by atoms with Crippen molar-refractivity contribution in [2.24, 2.45) is 0 Å². The van der Waals surface area contributed by atoms with E-state index in [1.807, 2.05) is 44.2 Å². The highest BCUT2D eigenvalue weighted by Gasteiger charge is 2.34. The van der Waals surface area contributed by atoms with Crippen LogP contribution in [0, 0.1) is 6.92 Å². The van der Waals surface area contributed by atoms with Crippen molar-refractivity contribution in [1.29, 1.82) is 0 Å². The minimum Gasteiger partial charge on any atom is -0.495 e. The van der Waals surface area contributed by atoms with E-state index in [0.29, 0.717) is 18.6 Å². The third-order valence-electron chi connectivity index (χ3n) is 7.88. The number of sulfonamides is 1. The van der Waals surface area contributed by atoms with Gasteiger partial charge in [-0.25, -0.2) is 8.42 Å². The van der Waals surface area contributed by atoms with Gasteiger partial charge in [0.05, 0.1) is 22.7 Å². The Morgan fingerprint density at radius 1 is 1.02 bits per heavy atom. The van der Waals surface area contributed by atoms with Crippen LogP contribution >= 0.6 is 11.6 Å². The SMILES string of the molecule is CC[C@H](C(=O)NC1CCCC1)N(CCc1ccccc1)C(=O)CN(c1ccc(OC)c(Cl)c1)S(=O)(=O)c1ccc(C)cc1. The minimum atomic E-state index is -4.19. The molecule has 8 nitrogen and oxygen atoms in total. The molecule has 1 saturated carbocycles. The van der Waals surface area contributed by atoms with Crippen molar-refractivity contribution in [3.8, 4) is 5.75 Å². The van der Waals surface area contributed by atoms with Gasteiger partial charge in [0.2, 0.25) is 11.8 Å². The lowest BCUT2D eigenvalue weighted by atomic mass is 10.1. The Balaban J connectivity index is 1.70. The molecular weight excluding hydrogens is 586 g/mol. The normalized spacial score (nSPS) is 14.2.